The van der Waals surface area contributed by atoms with Crippen LogP contribution in [0, 0.1) is 34.5 Å². The number of imidazole rings is 1. The average Bonchev–Trinajstić information content (AvgIpc) is 3.35. The summed E-state index contributed by atoms with van der Waals surface area (Å²) in [7, 11) is 0. The van der Waals surface area contributed by atoms with Crippen molar-refractivity contribution in [3.05, 3.63) is 24.8 Å². The highest BCUT2D eigenvalue weighted by Crippen LogP contribution is 2.66. The van der Waals surface area contributed by atoms with Crippen LogP contribution in [-0.2, 0) is 0 Å². The minimum atomic E-state index is 0.0114. The lowest BCUT2D eigenvalue weighted by molar-refractivity contribution is -0.0999. The number of allylic oxidation sites excluding steroid dienone is 2. The third kappa shape index (κ3) is 3.03. The summed E-state index contributed by atoms with van der Waals surface area (Å²) in [5.74, 6) is 3.22. The van der Waals surface area contributed by atoms with E-state index in [1.54, 1.807) is 0 Å². The van der Waals surface area contributed by atoms with E-state index >= 15 is 0 Å². The lowest BCUT2D eigenvalue weighted by Gasteiger charge is -2.61. The van der Waals surface area contributed by atoms with Crippen molar-refractivity contribution in [1.82, 2.24) is 20.2 Å². The van der Waals surface area contributed by atoms with E-state index in [0.717, 1.165) is 36.5 Å². The predicted molar refractivity (Wildman–Crippen MR) is 120 cm³/mol. The number of carbonyl (C=O) groups excluding carboxylic acids is 1. The van der Waals surface area contributed by atoms with Crippen LogP contribution in [0.25, 0.3) is 5.70 Å². The Bertz CT molecular complexity index is 817. The lowest BCUT2D eigenvalue weighted by Crippen LogP contribution is -2.55. The third-order valence-electron chi connectivity index (χ3n) is 9.66. The van der Waals surface area contributed by atoms with Gasteiger partial charge in [-0.05, 0) is 87.4 Å². The number of nitrogens with zero attached hydrogens (tertiary/aromatic N) is 2. The maximum absolute atomic E-state index is 12.0. The number of hydrogen-bond acceptors (Lipinski definition) is 2. The van der Waals surface area contributed by atoms with E-state index in [1.165, 1.54) is 44.2 Å². The molecule has 4 aliphatic carbocycles. The van der Waals surface area contributed by atoms with Crippen molar-refractivity contribution in [2.45, 2.75) is 78.2 Å². The van der Waals surface area contributed by atoms with E-state index in [2.05, 4.69) is 46.3 Å². The molecule has 7 atom stereocenters. The molecular weight excluding hydrogens is 372 g/mol. The van der Waals surface area contributed by atoms with E-state index < -0.39 is 0 Å². The molecule has 0 aliphatic heterocycles. The van der Waals surface area contributed by atoms with Crippen molar-refractivity contribution < 1.29 is 4.79 Å². The topological polar surface area (TPSA) is 59.0 Å². The number of carbonyl (C=O) groups is 1. The highest BCUT2D eigenvalue weighted by atomic mass is 16.2. The number of fused-ring (bicyclic) bond motifs is 5. The maximum Gasteiger partial charge on any atom is 0.314 e. The Labute approximate surface area is 181 Å². The minimum Gasteiger partial charge on any atom is -0.338 e. The van der Waals surface area contributed by atoms with Gasteiger partial charge in [-0.2, -0.15) is 0 Å². The Hall–Kier alpha value is -1.78. The largest absolute Gasteiger partial charge is 0.338 e. The fraction of sp³-hybridized carbons (Fsp3) is 0.760. The van der Waals surface area contributed by atoms with Crippen LogP contribution >= 0.6 is 0 Å². The molecule has 4 aliphatic rings. The first-order valence-electron chi connectivity index (χ1n) is 12.2. The van der Waals surface area contributed by atoms with Gasteiger partial charge in [0.25, 0.3) is 0 Å². The molecule has 0 bridgehead atoms. The standard InChI is InChI=1S/C25H38N4O/c1-4-27-23(30)28-18-9-11-24(2)17(15-18)5-6-19-20-7-8-22(29-14-13-26-16-29)25(20,3)12-10-21(19)24/h8,13-14,16-21H,4-7,9-12,15H2,1-3H3,(H2,27,28,30). The summed E-state index contributed by atoms with van der Waals surface area (Å²) in [6, 6.07) is 0.360. The molecule has 30 heavy (non-hydrogen) atoms. The van der Waals surface area contributed by atoms with Crippen LogP contribution in [0.3, 0.4) is 0 Å². The molecule has 2 amide bonds. The normalized spacial score (nSPS) is 42.5. The van der Waals surface area contributed by atoms with Gasteiger partial charge < -0.3 is 15.2 Å². The quantitative estimate of drug-likeness (QED) is 0.731. The summed E-state index contributed by atoms with van der Waals surface area (Å²) in [6.07, 6.45) is 18.7. The van der Waals surface area contributed by atoms with E-state index in [0.29, 0.717) is 23.4 Å². The highest BCUT2D eigenvalue weighted by Gasteiger charge is 2.58. The smallest absolute Gasteiger partial charge is 0.314 e. The van der Waals surface area contributed by atoms with E-state index in [9.17, 15) is 4.79 Å². The van der Waals surface area contributed by atoms with Crippen molar-refractivity contribution in [3.63, 3.8) is 0 Å². The van der Waals surface area contributed by atoms with Crippen LogP contribution in [-0.4, -0.2) is 28.2 Å². The molecule has 7 unspecified atom stereocenters. The molecule has 3 fully saturated rings. The van der Waals surface area contributed by atoms with Gasteiger partial charge in [0.15, 0.2) is 0 Å². The number of hydrogen-bond donors (Lipinski definition) is 2. The Balaban J connectivity index is 1.31. The van der Waals surface area contributed by atoms with Gasteiger partial charge in [-0.1, -0.05) is 19.9 Å². The van der Waals surface area contributed by atoms with Crippen LogP contribution in [0.2, 0.25) is 0 Å². The van der Waals surface area contributed by atoms with Crippen LogP contribution in [0.15, 0.2) is 24.8 Å². The van der Waals surface area contributed by atoms with Crippen LogP contribution in [0.4, 0.5) is 4.79 Å². The molecule has 0 spiro atoms. The molecular formula is C25H38N4O. The molecule has 164 valence electrons. The Kier molecular flexibility index (Phi) is 4.98. The summed E-state index contributed by atoms with van der Waals surface area (Å²) >= 11 is 0. The SMILES string of the molecule is CCNC(=O)NC1CCC2(C)C(CCC3C4CC=C(n5ccnc5)C4(C)CCC32)C1. The maximum atomic E-state index is 12.0. The zero-order chi connectivity index (χ0) is 20.9. The van der Waals surface area contributed by atoms with Crippen molar-refractivity contribution in [1.29, 1.82) is 0 Å². The summed E-state index contributed by atoms with van der Waals surface area (Å²) in [5, 5.41) is 6.14. The minimum absolute atomic E-state index is 0.0114. The van der Waals surface area contributed by atoms with Gasteiger partial charge >= 0.3 is 6.03 Å². The van der Waals surface area contributed by atoms with Gasteiger partial charge in [0.05, 0.1) is 6.33 Å². The second-order valence-corrected chi connectivity index (χ2v) is 10.9. The van der Waals surface area contributed by atoms with Crippen LogP contribution in [0.1, 0.15) is 72.1 Å². The lowest BCUT2D eigenvalue weighted by atomic mass is 9.45. The van der Waals surface area contributed by atoms with Crippen molar-refractivity contribution in [2.24, 2.45) is 34.5 Å². The monoisotopic (exact) mass is 410 g/mol. The Morgan fingerprint density at radius 3 is 2.83 bits per heavy atom. The molecule has 5 rings (SSSR count). The predicted octanol–water partition coefficient (Wildman–Crippen LogP) is 5.06. The average molecular weight is 411 g/mol. The Morgan fingerprint density at radius 2 is 2.07 bits per heavy atom. The van der Waals surface area contributed by atoms with Crippen molar-refractivity contribution >= 4 is 11.7 Å². The van der Waals surface area contributed by atoms with E-state index in [1.807, 2.05) is 19.4 Å². The van der Waals surface area contributed by atoms with Crippen molar-refractivity contribution in [2.75, 3.05) is 6.54 Å². The van der Waals surface area contributed by atoms with E-state index in [4.69, 9.17) is 0 Å². The molecule has 1 aromatic heterocycles. The molecule has 5 heteroatoms. The number of aromatic nitrogens is 2. The highest BCUT2D eigenvalue weighted by molar-refractivity contribution is 5.74. The molecule has 3 saturated carbocycles. The second-order valence-electron chi connectivity index (χ2n) is 10.9. The first-order chi connectivity index (χ1) is 14.5. The number of amides is 2. The number of rotatable bonds is 3. The zero-order valence-electron chi connectivity index (χ0n) is 18.9. The molecule has 5 nitrogen and oxygen atoms in total. The number of urea groups is 1. The molecule has 1 aromatic rings. The van der Waals surface area contributed by atoms with Gasteiger partial charge in [-0.25, -0.2) is 9.78 Å². The van der Waals surface area contributed by atoms with Crippen LogP contribution in [0.5, 0.6) is 0 Å². The fourth-order valence-corrected chi connectivity index (χ4v) is 8.13. The van der Waals surface area contributed by atoms with Gasteiger partial charge in [-0.15, -0.1) is 0 Å². The molecule has 0 saturated heterocycles. The molecule has 0 radical (unpaired) electrons. The molecule has 0 aromatic carbocycles. The van der Waals surface area contributed by atoms with Gasteiger partial charge in [0, 0.05) is 36.1 Å². The Morgan fingerprint density at radius 1 is 1.20 bits per heavy atom. The third-order valence-corrected chi connectivity index (χ3v) is 9.66. The number of nitrogens with one attached hydrogen (secondary N) is 2. The molecule has 2 N–H and O–H groups in total. The van der Waals surface area contributed by atoms with Gasteiger partial charge in [-0.3, -0.25) is 0 Å². The summed E-state index contributed by atoms with van der Waals surface area (Å²) in [4.78, 5) is 16.3. The molecule has 1 heterocycles. The first kappa shape index (κ1) is 20.1. The van der Waals surface area contributed by atoms with E-state index in [-0.39, 0.29) is 6.03 Å². The van der Waals surface area contributed by atoms with Gasteiger partial charge in [0.2, 0.25) is 0 Å². The van der Waals surface area contributed by atoms with Gasteiger partial charge in [0.1, 0.15) is 0 Å². The summed E-state index contributed by atoms with van der Waals surface area (Å²) < 4.78 is 2.27. The second kappa shape index (κ2) is 7.42. The van der Waals surface area contributed by atoms with Crippen LogP contribution < -0.4 is 10.6 Å². The summed E-state index contributed by atoms with van der Waals surface area (Å²) in [6.45, 7) is 7.79. The zero-order valence-corrected chi connectivity index (χ0v) is 18.9. The first-order valence-corrected chi connectivity index (χ1v) is 12.2. The summed E-state index contributed by atoms with van der Waals surface area (Å²) in [5.41, 5.74) is 2.23. The van der Waals surface area contributed by atoms with Crippen molar-refractivity contribution in [3.8, 4) is 0 Å². The fourth-order valence-electron chi connectivity index (χ4n) is 8.13.